The Morgan fingerprint density at radius 3 is 2.32 bits per heavy atom. The Morgan fingerprint density at radius 1 is 1.04 bits per heavy atom. The van der Waals surface area contributed by atoms with Crippen LogP contribution in [-0.4, -0.2) is 44.7 Å². The molecule has 0 aliphatic heterocycles. The number of fused-ring (bicyclic) bond motifs is 1. The van der Waals surface area contributed by atoms with Gasteiger partial charge in [0.25, 0.3) is 5.91 Å². The largest absolute Gasteiger partial charge is 0.496 e. The third kappa shape index (κ3) is 4.79. The summed E-state index contributed by atoms with van der Waals surface area (Å²) in [5.74, 6) is -1.21. The van der Waals surface area contributed by atoms with Crippen LogP contribution in [0.1, 0.15) is 30.6 Å². The van der Waals surface area contributed by atoms with E-state index in [1.807, 2.05) is 26.0 Å². The first-order valence-corrected chi connectivity index (χ1v) is 9.02. The Balaban J connectivity index is 2.09. The van der Waals surface area contributed by atoms with Crippen molar-refractivity contribution in [1.29, 1.82) is 0 Å². The van der Waals surface area contributed by atoms with E-state index in [9.17, 15) is 14.4 Å². The van der Waals surface area contributed by atoms with Crippen molar-refractivity contribution in [2.24, 2.45) is 5.92 Å². The van der Waals surface area contributed by atoms with Gasteiger partial charge in [-0.3, -0.25) is 4.79 Å². The molecule has 28 heavy (non-hydrogen) atoms. The zero-order valence-corrected chi connectivity index (χ0v) is 16.5. The molecule has 0 saturated carbocycles. The van der Waals surface area contributed by atoms with E-state index in [4.69, 9.17) is 14.2 Å². The van der Waals surface area contributed by atoms with Crippen LogP contribution in [0, 0.1) is 5.92 Å². The second-order valence-corrected chi connectivity index (χ2v) is 6.39. The van der Waals surface area contributed by atoms with Crippen LogP contribution in [0.4, 0.5) is 0 Å². The van der Waals surface area contributed by atoms with Crippen molar-refractivity contribution in [2.45, 2.75) is 26.3 Å². The van der Waals surface area contributed by atoms with E-state index in [0.717, 1.165) is 5.39 Å². The predicted octanol–water partition coefficient (Wildman–Crippen LogP) is 2.71. The highest BCUT2D eigenvalue weighted by molar-refractivity contribution is 6.06. The Bertz CT molecular complexity index is 863. The van der Waals surface area contributed by atoms with Crippen LogP contribution in [0.15, 0.2) is 36.4 Å². The van der Waals surface area contributed by atoms with Crippen molar-refractivity contribution in [3.05, 3.63) is 42.0 Å². The quantitative estimate of drug-likeness (QED) is 0.701. The molecule has 1 amide bonds. The summed E-state index contributed by atoms with van der Waals surface area (Å²) in [5.41, 5.74) is 0.329. The lowest BCUT2D eigenvalue weighted by atomic mass is 9.99. The van der Waals surface area contributed by atoms with Crippen LogP contribution < -0.4 is 10.1 Å². The third-order valence-corrected chi connectivity index (χ3v) is 4.64. The maximum Gasteiger partial charge on any atom is 0.339 e. The van der Waals surface area contributed by atoms with Crippen LogP contribution in [0.25, 0.3) is 10.8 Å². The third-order valence-electron chi connectivity index (χ3n) is 4.64. The van der Waals surface area contributed by atoms with Crippen LogP contribution in [0.5, 0.6) is 5.75 Å². The number of nitrogens with one attached hydrogen (secondary N) is 1. The normalized spacial score (nSPS) is 12.7. The maximum absolute atomic E-state index is 12.5. The molecule has 0 saturated heterocycles. The van der Waals surface area contributed by atoms with Crippen molar-refractivity contribution < 1.29 is 28.6 Å². The second kappa shape index (κ2) is 9.73. The molecule has 150 valence electrons. The van der Waals surface area contributed by atoms with Crippen molar-refractivity contribution >= 4 is 28.6 Å². The fraction of sp³-hybridized carbons (Fsp3) is 0.381. The maximum atomic E-state index is 12.5. The Morgan fingerprint density at radius 2 is 1.71 bits per heavy atom. The first-order valence-electron chi connectivity index (χ1n) is 9.02. The molecular weight excluding hydrogens is 362 g/mol. The molecule has 1 N–H and O–H groups in total. The van der Waals surface area contributed by atoms with Gasteiger partial charge in [0.15, 0.2) is 6.61 Å². The minimum absolute atomic E-state index is 0.113. The zero-order valence-electron chi connectivity index (χ0n) is 16.5. The molecule has 0 aromatic heterocycles. The van der Waals surface area contributed by atoms with Gasteiger partial charge in [-0.05, 0) is 23.4 Å². The van der Waals surface area contributed by atoms with Crippen molar-refractivity contribution in [1.82, 2.24) is 5.32 Å². The monoisotopic (exact) mass is 387 g/mol. The molecule has 0 aliphatic rings. The van der Waals surface area contributed by atoms with E-state index in [2.05, 4.69) is 5.32 Å². The van der Waals surface area contributed by atoms with E-state index < -0.39 is 30.5 Å². The van der Waals surface area contributed by atoms with E-state index >= 15 is 0 Å². The number of hydrogen-bond donors (Lipinski definition) is 1. The summed E-state index contributed by atoms with van der Waals surface area (Å²) in [6.45, 7) is 3.24. The van der Waals surface area contributed by atoms with Crippen LogP contribution >= 0.6 is 0 Å². The van der Waals surface area contributed by atoms with Crippen LogP contribution in [0.2, 0.25) is 0 Å². The first kappa shape index (κ1) is 21.2. The second-order valence-electron chi connectivity index (χ2n) is 6.39. The molecule has 0 fully saturated rings. The van der Waals surface area contributed by atoms with E-state index in [-0.39, 0.29) is 5.92 Å². The van der Waals surface area contributed by atoms with Gasteiger partial charge in [0.05, 0.1) is 19.8 Å². The zero-order chi connectivity index (χ0) is 20.7. The molecule has 2 rings (SSSR count). The lowest BCUT2D eigenvalue weighted by molar-refractivity contribution is -0.147. The van der Waals surface area contributed by atoms with Crippen LogP contribution in [0.3, 0.4) is 0 Å². The number of ether oxygens (including phenoxy) is 3. The lowest BCUT2D eigenvalue weighted by Crippen LogP contribution is -2.47. The molecule has 0 spiro atoms. The number of amides is 1. The number of methoxy groups -OCH3 is 2. The van der Waals surface area contributed by atoms with Crippen molar-refractivity contribution in [2.75, 3.05) is 20.8 Å². The summed E-state index contributed by atoms with van der Waals surface area (Å²) in [7, 11) is 2.82. The highest BCUT2D eigenvalue weighted by Crippen LogP contribution is 2.28. The number of carbonyl (C=O) groups is 3. The Hall–Kier alpha value is -3.09. The average Bonchev–Trinajstić information content (AvgIpc) is 2.73. The van der Waals surface area contributed by atoms with Gasteiger partial charge in [-0.2, -0.15) is 0 Å². The number of hydrogen-bond acceptors (Lipinski definition) is 6. The molecule has 0 bridgehead atoms. The predicted molar refractivity (Wildman–Crippen MR) is 104 cm³/mol. The summed E-state index contributed by atoms with van der Waals surface area (Å²) in [6, 6.07) is 9.75. The molecule has 2 aromatic carbocycles. The highest BCUT2D eigenvalue weighted by Gasteiger charge is 2.27. The van der Waals surface area contributed by atoms with Gasteiger partial charge in [-0.1, -0.05) is 44.5 Å². The van der Waals surface area contributed by atoms with E-state index in [1.54, 1.807) is 31.4 Å². The summed E-state index contributed by atoms with van der Waals surface area (Å²) >= 11 is 0. The minimum Gasteiger partial charge on any atom is -0.496 e. The van der Waals surface area contributed by atoms with Gasteiger partial charge in [0.1, 0.15) is 11.8 Å². The van der Waals surface area contributed by atoms with E-state index in [1.165, 1.54) is 7.11 Å². The number of esters is 2. The Kier molecular flexibility index (Phi) is 7.37. The molecule has 0 heterocycles. The molecule has 7 nitrogen and oxygen atoms in total. The molecular formula is C21H25NO6. The van der Waals surface area contributed by atoms with Crippen molar-refractivity contribution in [3.63, 3.8) is 0 Å². The topological polar surface area (TPSA) is 90.9 Å². The van der Waals surface area contributed by atoms with Gasteiger partial charge in [-0.15, -0.1) is 0 Å². The molecule has 7 heteroatoms. The first-order chi connectivity index (χ1) is 13.4. The molecule has 0 aliphatic carbocycles. The van der Waals surface area contributed by atoms with Gasteiger partial charge in [0.2, 0.25) is 0 Å². The number of benzene rings is 2. The summed E-state index contributed by atoms with van der Waals surface area (Å²) in [6.07, 6.45) is 0.678. The summed E-state index contributed by atoms with van der Waals surface area (Å²) < 4.78 is 15.2. The van der Waals surface area contributed by atoms with Gasteiger partial charge in [0, 0.05) is 5.39 Å². The fourth-order valence-corrected chi connectivity index (χ4v) is 2.85. The summed E-state index contributed by atoms with van der Waals surface area (Å²) in [4.78, 5) is 36.5. The van der Waals surface area contributed by atoms with Crippen LogP contribution in [-0.2, 0) is 19.1 Å². The average molecular weight is 387 g/mol. The number of rotatable bonds is 8. The minimum atomic E-state index is -0.789. The molecule has 2 atom stereocenters. The smallest absolute Gasteiger partial charge is 0.339 e. The highest BCUT2D eigenvalue weighted by atomic mass is 16.5. The molecule has 0 unspecified atom stereocenters. The molecule has 2 aromatic rings. The lowest BCUT2D eigenvalue weighted by Gasteiger charge is -2.21. The SMILES string of the molecule is CC[C@@H](C)[C@@H](NC(=O)COC(=O)c1ccc(OC)c2ccccc12)C(=O)OC. The fourth-order valence-electron chi connectivity index (χ4n) is 2.85. The van der Waals surface area contributed by atoms with E-state index in [0.29, 0.717) is 23.1 Å². The van der Waals surface area contributed by atoms with Gasteiger partial charge >= 0.3 is 11.9 Å². The Labute approximate surface area is 164 Å². The van der Waals surface area contributed by atoms with Crippen molar-refractivity contribution in [3.8, 4) is 5.75 Å². The van der Waals surface area contributed by atoms with Gasteiger partial charge in [-0.25, -0.2) is 9.59 Å². The summed E-state index contributed by atoms with van der Waals surface area (Å²) in [5, 5.41) is 4.01. The number of carbonyl (C=O) groups excluding carboxylic acids is 3. The molecule has 0 radical (unpaired) electrons. The van der Waals surface area contributed by atoms with Gasteiger partial charge < -0.3 is 19.5 Å². The standard InChI is InChI=1S/C21H25NO6/c1-5-13(2)19(21(25)27-4)22-18(23)12-28-20(24)16-10-11-17(26-3)15-9-7-6-8-14(15)16/h6-11,13,19H,5,12H2,1-4H3,(H,22,23)/t13-,19-/m1/s1.